The van der Waals surface area contributed by atoms with Crippen molar-refractivity contribution in [2.24, 2.45) is 0 Å². The molecule has 4 nitrogen and oxygen atoms in total. The van der Waals surface area contributed by atoms with Gasteiger partial charge in [-0.25, -0.2) is 4.98 Å². The van der Waals surface area contributed by atoms with Crippen LogP contribution in [0.5, 0.6) is 11.6 Å². The first-order valence-corrected chi connectivity index (χ1v) is 7.27. The highest BCUT2D eigenvalue weighted by Gasteiger charge is 2.07. The predicted molar refractivity (Wildman–Crippen MR) is 84.9 cm³/mol. The molecule has 0 bridgehead atoms. The van der Waals surface area contributed by atoms with Crippen molar-refractivity contribution in [2.75, 3.05) is 11.9 Å². The van der Waals surface area contributed by atoms with Gasteiger partial charge in [-0.05, 0) is 39.0 Å². The van der Waals surface area contributed by atoms with Gasteiger partial charge in [-0.1, -0.05) is 18.2 Å². The van der Waals surface area contributed by atoms with Crippen molar-refractivity contribution in [2.45, 2.75) is 33.4 Å². The molecule has 2 aromatic rings. The van der Waals surface area contributed by atoms with Gasteiger partial charge in [0.15, 0.2) is 0 Å². The summed E-state index contributed by atoms with van der Waals surface area (Å²) in [7, 11) is 0. The molecule has 0 amide bonds. The van der Waals surface area contributed by atoms with Crippen molar-refractivity contribution in [1.82, 2.24) is 4.98 Å². The quantitative estimate of drug-likeness (QED) is 0.839. The van der Waals surface area contributed by atoms with Gasteiger partial charge in [-0.2, -0.15) is 0 Å². The Labute approximate surface area is 126 Å². The van der Waals surface area contributed by atoms with Crippen LogP contribution in [-0.4, -0.2) is 17.7 Å². The molecule has 0 atom stereocenters. The highest BCUT2D eigenvalue weighted by atomic mass is 16.5. The number of nitrogens with zero attached hydrogens (tertiary/aromatic N) is 1. The highest BCUT2D eigenvalue weighted by Crippen LogP contribution is 2.24. The van der Waals surface area contributed by atoms with E-state index in [0.29, 0.717) is 19.0 Å². The topological polar surface area (TPSA) is 43.4 Å². The SMILES string of the molecule is CCOc1ncccc1NCc1ccccc1OC(C)C. The van der Waals surface area contributed by atoms with Crippen LogP contribution in [-0.2, 0) is 6.54 Å². The number of hydrogen-bond acceptors (Lipinski definition) is 4. The average Bonchev–Trinajstić information content (AvgIpc) is 2.47. The van der Waals surface area contributed by atoms with Gasteiger partial charge in [0.1, 0.15) is 5.75 Å². The van der Waals surface area contributed by atoms with Crippen LogP contribution in [0.2, 0.25) is 0 Å². The zero-order valence-electron chi connectivity index (χ0n) is 12.8. The summed E-state index contributed by atoms with van der Waals surface area (Å²) in [5.41, 5.74) is 2.00. The second kappa shape index (κ2) is 7.53. The molecule has 1 aromatic heterocycles. The van der Waals surface area contributed by atoms with Crippen LogP contribution in [0, 0.1) is 0 Å². The number of aromatic nitrogens is 1. The Morgan fingerprint density at radius 2 is 1.95 bits per heavy atom. The van der Waals surface area contributed by atoms with E-state index in [1.807, 2.05) is 51.1 Å². The molecule has 0 aliphatic rings. The van der Waals surface area contributed by atoms with Gasteiger partial charge in [-0.3, -0.25) is 0 Å². The zero-order valence-corrected chi connectivity index (χ0v) is 12.8. The summed E-state index contributed by atoms with van der Waals surface area (Å²) in [4.78, 5) is 4.24. The maximum Gasteiger partial charge on any atom is 0.237 e. The van der Waals surface area contributed by atoms with Crippen molar-refractivity contribution in [3.63, 3.8) is 0 Å². The summed E-state index contributed by atoms with van der Waals surface area (Å²) in [6.07, 6.45) is 1.88. The Morgan fingerprint density at radius 3 is 2.71 bits per heavy atom. The summed E-state index contributed by atoms with van der Waals surface area (Å²) in [5.74, 6) is 1.53. The average molecular weight is 286 g/mol. The van der Waals surface area contributed by atoms with Gasteiger partial charge in [-0.15, -0.1) is 0 Å². The molecule has 4 heteroatoms. The maximum atomic E-state index is 5.82. The van der Waals surface area contributed by atoms with Crippen LogP contribution in [0.4, 0.5) is 5.69 Å². The molecule has 0 unspecified atom stereocenters. The van der Waals surface area contributed by atoms with Crippen LogP contribution in [0.1, 0.15) is 26.3 Å². The fourth-order valence-electron chi connectivity index (χ4n) is 1.99. The molecule has 0 aliphatic heterocycles. The Hall–Kier alpha value is -2.23. The third-order valence-electron chi connectivity index (χ3n) is 2.86. The molecule has 0 aliphatic carbocycles. The minimum atomic E-state index is 0.156. The highest BCUT2D eigenvalue weighted by molar-refractivity contribution is 5.53. The van der Waals surface area contributed by atoms with Crippen LogP contribution in [0.15, 0.2) is 42.6 Å². The number of nitrogens with one attached hydrogen (secondary N) is 1. The summed E-state index contributed by atoms with van der Waals surface area (Å²) < 4.78 is 11.3. The first-order valence-electron chi connectivity index (χ1n) is 7.27. The third kappa shape index (κ3) is 4.38. The van der Waals surface area contributed by atoms with Gasteiger partial charge < -0.3 is 14.8 Å². The maximum absolute atomic E-state index is 5.82. The molecule has 1 N–H and O–H groups in total. The second-order valence-corrected chi connectivity index (χ2v) is 4.92. The van der Waals surface area contributed by atoms with E-state index >= 15 is 0 Å². The second-order valence-electron chi connectivity index (χ2n) is 4.92. The molecule has 112 valence electrons. The predicted octanol–water partition coefficient (Wildman–Crippen LogP) is 3.88. The monoisotopic (exact) mass is 286 g/mol. The summed E-state index contributed by atoms with van der Waals surface area (Å²) in [6.45, 7) is 7.26. The van der Waals surface area contributed by atoms with E-state index in [1.54, 1.807) is 6.20 Å². The van der Waals surface area contributed by atoms with E-state index in [-0.39, 0.29) is 6.10 Å². The number of rotatable bonds is 7. The molecule has 0 fully saturated rings. The van der Waals surface area contributed by atoms with Crippen molar-refractivity contribution >= 4 is 5.69 Å². The molecular weight excluding hydrogens is 264 g/mol. The van der Waals surface area contributed by atoms with Gasteiger partial charge in [0.05, 0.1) is 18.4 Å². The number of pyridine rings is 1. The van der Waals surface area contributed by atoms with E-state index in [2.05, 4.69) is 16.4 Å². The van der Waals surface area contributed by atoms with E-state index in [1.165, 1.54) is 0 Å². The molecule has 0 spiro atoms. The summed E-state index contributed by atoms with van der Waals surface area (Å²) in [5, 5.41) is 3.36. The Morgan fingerprint density at radius 1 is 1.14 bits per heavy atom. The lowest BCUT2D eigenvalue weighted by molar-refractivity contribution is 0.240. The standard InChI is InChI=1S/C17H22N2O2/c1-4-20-17-15(9-7-11-18-17)19-12-14-8-5-6-10-16(14)21-13(2)3/h5-11,13,19H,4,12H2,1-3H3. The first-order chi connectivity index (χ1) is 10.2. The summed E-state index contributed by atoms with van der Waals surface area (Å²) in [6, 6.07) is 11.9. The minimum absolute atomic E-state index is 0.156. The van der Waals surface area contributed by atoms with E-state index in [9.17, 15) is 0 Å². The Bertz CT molecular complexity index is 570. The van der Waals surface area contributed by atoms with Crippen molar-refractivity contribution in [1.29, 1.82) is 0 Å². The third-order valence-corrected chi connectivity index (χ3v) is 2.86. The van der Waals surface area contributed by atoms with Crippen molar-refractivity contribution in [3.8, 4) is 11.6 Å². The number of hydrogen-bond donors (Lipinski definition) is 1. The minimum Gasteiger partial charge on any atom is -0.491 e. The van der Waals surface area contributed by atoms with Crippen molar-refractivity contribution < 1.29 is 9.47 Å². The van der Waals surface area contributed by atoms with Gasteiger partial charge in [0.2, 0.25) is 5.88 Å². The van der Waals surface area contributed by atoms with E-state index < -0.39 is 0 Å². The van der Waals surface area contributed by atoms with Gasteiger partial charge >= 0.3 is 0 Å². The van der Waals surface area contributed by atoms with Crippen LogP contribution >= 0.6 is 0 Å². The Balaban J connectivity index is 2.10. The molecular formula is C17H22N2O2. The molecule has 0 radical (unpaired) electrons. The first kappa shape index (κ1) is 15.2. The molecule has 1 aromatic carbocycles. The molecule has 1 heterocycles. The molecule has 0 saturated heterocycles. The van der Waals surface area contributed by atoms with Gasteiger partial charge in [0.25, 0.3) is 0 Å². The number of anilines is 1. The Kier molecular flexibility index (Phi) is 5.43. The summed E-state index contributed by atoms with van der Waals surface area (Å²) >= 11 is 0. The lowest BCUT2D eigenvalue weighted by atomic mass is 10.2. The largest absolute Gasteiger partial charge is 0.491 e. The number of para-hydroxylation sites is 1. The van der Waals surface area contributed by atoms with Crippen LogP contribution < -0.4 is 14.8 Å². The van der Waals surface area contributed by atoms with Crippen LogP contribution in [0.3, 0.4) is 0 Å². The van der Waals surface area contributed by atoms with E-state index in [0.717, 1.165) is 17.0 Å². The van der Waals surface area contributed by atoms with Crippen molar-refractivity contribution in [3.05, 3.63) is 48.2 Å². The molecule has 2 rings (SSSR count). The smallest absolute Gasteiger partial charge is 0.237 e. The number of ether oxygens (including phenoxy) is 2. The normalized spacial score (nSPS) is 10.5. The lowest BCUT2D eigenvalue weighted by Gasteiger charge is -2.16. The molecule has 0 saturated carbocycles. The van der Waals surface area contributed by atoms with Gasteiger partial charge in [0, 0.05) is 18.3 Å². The van der Waals surface area contributed by atoms with E-state index in [4.69, 9.17) is 9.47 Å². The fourth-order valence-corrected chi connectivity index (χ4v) is 1.99. The molecule has 21 heavy (non-hydrogen) atoms. The number of benzene rings is 1. The van der Waals surface area contributed by atoms with Crippen LogP contribution in [0.25, 0.3) is 0 Å². The fraction of sp³-hybridized carbons (Fsp3) is 0.353. The lowest BCUT2D eigenvalue weighted by Crippen LogP contribution is -2.09. The zero-order chi connectivity index (χ0) is 15.1.